The highest BCUT2D eigenvalue weighted by molar-refractivity contribution is 5.81. The van der Waals surface area contributed by atoms with Crippen LogP contribution in [0.2, 0.25) is 0 Å². The third-order valence-electron chi connectivity index (χ3n) is 2.49. The van der Waals surface area contributed by atoms with Crippen molar-refractivity contribution in [3.63, 3.8) is 0 Å². The minimum absolute atomic E-state index is 0.330. The molecule has 0 aromatic heterocycles. The van der Waals surface area contributed by atoms with Crippen LogP contribution >= 0.6 is 0 Å². The molecule has 0 heterocycles. The van der Waals surface area contributed by atoms with E-state index in [0.717, 1.165) is 16.7 Å². The number of carbonyl (C=O) groups excluding carboxylic acids is 1. The summed E-state index contributed by atoms with van der Waals surface area (Å²) in [5.41, 5.74) is 8.74. The molecule has 1 aromatic carbocycles. The summed E-state index contributed by atoms with van der Waals surface area (Å²) in [6.07, 6.45) is 0. The van der Waals surface area contributed by atoms with Crippen molar-refractivity contribution in [1.82, 2.24) is 5.32 Å². The molecule has 88 valence electrons. The summed E-state index contributed by atoms with van der Waals surface area (Å²) in [6, 6.07) is 5.23. The Labute approximate surface area is 95.5 Å². The maximum atomic E-state index is 11.3. The summed E-state index contributed by atoms with van der Waals surface area (Å²) < 4.78 is 0. The molecule has 0 aliphatic rings. The molecule has 1 rings (SSSR count). The molecule has 0 radical (unpaired) electrons. The van der Waals surface area contributed by atoms with Gasteiger partial charge in [0.05, 0.1) is 6.61 Å². The van der Waals surface area contributed by atoms with Gasteiger partial charge in [-0.25, -0.2) is 0 Å². The van der Waals surface area contributed by atoms with Gasteiger partial charge in [-0.1, -0.05) is 23.8 Å². The highest BCUT2D eigenvalue weighted by atomic mass is 16.3. The first kappa shape index (κ1) is 12.7. The van der Waals surface area contributed by atoms with Crippen molar-refractivity contribution in [2.45, 2.75) is 26.4 Å². The number of nitrogens with one attached hydrogen (secondary N) is 1. The van der Waals surface area contributed by atoms with Gasteiger partial charge in [0.25, 0.3) is 0 Å². The molecule has 0 aliphatic heterocycles. The van der Waals surface area contributed by atoms with Crippen LogP contribution in [0.1, 0.15) is 16.7 Å². The zero-order valence-corrected chi connectivity index (χ0v) is 9.66. The number of aryl methyl sites for hydroxylation is 2. The second kappa shape index (κ2) is 5.63. The van der Waals surface area contributed by atoms with E-state index in [-0.39, 0.29) is 12.5 Å². The smallest absolute Gasteiger partial charge is 0.239 e. The Kier molecular flexibility index (Phi) is 4.46. The zero-order chi connectivity index (χ0) is 12.1. The molecule has 4 heteroatoms. The average molecular weight is 222 g/mol. The normalized spacial score (nSPS) is 12.2. The number of aliphatic hydroxyl groups excluding tert-OH is 1. The summed E-state index contributed by atoms with van der Waals surface area (Å²) in [4.78, 5) is 11.3. The van der Waals surface area contributed by atoms with Crippen molar-refractivity contribution in [1.29, 1.82) is 0 Å². The first-order chi connectivity index (χ1) is 7.54. The van der Waals surface area contributed by atoms with Crippen molar-refractivity contribution in [3.05, 3.63) is 34.9 Å². The van der Waals surface area contributed by atoms with Crippen molar-refractivity contribution in [2.75, 3.05) is 6.61 Å². The second-order valence-corrected chi connectivity index (χ2v) is 3.94. The second-order valence-electron chi connectivity index (χ2n) is 3.94. The van der Waals surface area contributed by atoms with E-state index < -0.39 is 6.04 Å². The van der Waals surface area contributed by atoms with Gasteiger partial charge in [-0.3, -0.25) is 4.79 Å². The van der Waals surface area contributed by atoms with E-state index in [1.165, 1.54) is 0 Å². The van der Waals surface area contributed by atoms with Gasteiger partial charge in [-0.05, 0) is 25.0 Å². The molecule has 0 saturated heterocycles. The van der Waals surface area contributed by atoms with Crippen molar-refractivity contribution in [3.8, 4) is 0 Å². The predicted octanol–water partition coefficient (Wildman–Crippen LogP) is 0.239. The lowest BCUT2D eigenvalue weighted by molar-refractivity contribution is -0.123. The monoisotopic (exact) mass is 222 g/mol. The lowest BCUT2D eigenvalue weighted by Gasteiger charge is -2.11. The molecule has 0 saturated carbocycles. The minimum Gasteiger partial charge on any atom is -0.394 e. The third-order valence-corrected chi connectivity index (χ3v) is 2.49. The Morgan fingerprint density at radius 1 is 1.50 bits per heavy atom. The van der Waals surface area contributed by atoms with Crippen molar-refractivity contribution >= 4 is 5.91 Å². The Balaban J connectivity index is 2.61. The van der Waals surface area contributed by atoms with Crippen LogP contribution in [0.3, 0.4) is 0 Å². The van der Waals surface area contributed by atoms with Crippen LogP contribution in [0.4, 0.5) is 0 Å². The van der Waals surface area contributed by atoms with E-state index in [0.29, 0.717) is 6.54 Å². The van der Waals surface area contributed by atoms with Crippen LogP contribution in [0.5, 0.6) is 0 Å². The van der Waals surface area contributed by atoms with Gasteiger partial charge in [0.15, 0.2) is 0 Å². The maximum absolute atomic E-state index is 11.3. The number of benzene rings is 1. The van der Waals surface area contributed by atoms with Crippen molar-refractivity contribution in [2.24, 2.45) is 5.73 Å². The van der Waals surface area contributed by atoms with Crippen LogP contribution in [-0.2, 0) is 11.3 Å². The van der Waals surface area contributed by atoms with Crippen LogP contribution < -0.4 is 11.1 Å². The number of rotatable bonds is 4. The molecular formula is C12H18N2O2. The Morgan fingerprint density at radius 2 is 2.19 bits per heavy atom. The highest BCUT2D eigenvalue weighted by Crippen LogP contribution is 2.10. The number of aliphatic hydroxyl groups is 1. The van der Waals surface area contributed by atoms with E-state index in [1.54, 1.807) is 0 Å². The van der Waals surface area contributed by atoms with E-state index >= 15 is 0 Å². The summed E-state index contributed by atoms with van der Waals surface area (Å²) in [5.74, 6) is -0.330. The molecule has 0 bridgehead atoms. The van der Waals surface area contributed by atoms with Crippen LogP contribution in [0.15, 0.2) is 18.2 Å². The van der Waals surface area contributed by atoms with Gasteiger partial charge < -0.3 is 16.2 Å². The molecular weight excluding hydrogens is 204 g/mol. The fraction of sp³-hybridized carbons (Fsp3) is 0.417. The SMILES string of the molecule is Cc1ccc(C)c(CNC(=O)C(N)CO)c1. The number of carbonyl (C=O) groups is 1. The fourth-order valence-corrected chi connectivity index (χ4v) is 1.39. The minimum atomic E-state index is -0.842. The largest absolute Gasteiger partial charge is 0.394 e. The van der Waals surface area contributed by atoms with E-state index in [4.69, 9.17) is 10.8 Å². The van der Waals surface area contributed by atoms with E-state index in [9.17, 15) is 4.79 Å². The number of nitrogens with two attached hydrogens (primary N) is 1. The topological polar surface area (TPSA) is 75.4 Å². The molecule has 4 nitrogen and oxygen atoms in total. The molecule has 1 aromatic rings. The van der Waals surface area contributed by atoms with E-state index in [1.807, 2.05) is 32.0 Å². The summed E-state index contributed by atoms with van der Waals surface area (Å²) in [5, 5.41) is 11.4. The third kappa shape index (κ3) is 3.32. The molecule has 0 spiro atoms. The highest BCUT2D eigenvalue weighted by Gasteiger charge is 2.11. The predicted molar refractivity (Wildman–Crippen MR) is 62.8 cm³/mol. The summed E-state index contributed by atoms with van der Waals surface area (Å²) in [6.45, 7) is 4.11. The summed E-state index contributed by atoms with van der Waals surface area (Å²) in [7, 11) is 0. The molecule has 0 fully saturated rings. The quantitative estimate of drug-likeness (QED) is 0.683. The fourth-order valence-electron chi connectivity index (χ4n) is 1.39. The number of amides is 1. The first-order valence-electron chi connectivity index (χ1n) is 5.25. The first-order valence-corrected chi connectivity index (χ1v) is 5.25. The average Bonchev–Trinajstić information content (AvgIpc) is 2.28. The summed E-state index contributed by atoms with van der Waals surface area (Å²) >= 11 is 0. The lowest BCUT2D eigenvalue weighted by Crippen LogP contribution is -2.42. The molecule has 1 amide bonds. The molecule has 16 heavy (non-hydrogen) atoms. The van der Waals surface area contributed by atoms with Crippen molar-refractivity contribution < 1.29 is 9.90 Å². The Bertz CT molecular complexity index is 377. The molecule has 1 atom stereocenters. The number of hydrogen-bond donors (Lipinski definition) is 3. The zero-order valence-electron chi connectivity index (χ0n) is 9.66. The van der Waals surface area contributed by atoms with Gasteiger partial charge in [0, 0.05) is 6.54 Å². The van der Waals surface area contributed by atoms with Gasteiger partial charge in [0.1, 0.15) is 6.04 Å². The van der Waals surface area contributed by atoms with Crippen LogP contribution in [0.25, 0.3) is 0 Å². The Hall–Kier alpha value is -1.39. The Morgan fingerprint density at radius 3 is 2.81 bits per heavy atom. The van der Waals surface area contributed by atoms with Crippen LogP contribution in [-0.4, -0.2) is 23.7 Å². The molecule has 0 aliphatic carbocycles. The lowest BCUT2D eigenvalue weighted by atomic mass is 10.1. The standard InChI is InChI=1S/C12H18N2O2/c1-8-3-4-9(2)10(5-8)6-14-12(16)11(13)7-15/h3-5,11,15H,6-7,13H2,1-2H3,(H,14,16). The van der Waals surface area contributed by atoms with Gasteiger partial charge in [0.2, 0.25) is 5.91 Å². The molecule has 1 unspecified atom stereocenters. The van der Waals surface area contributed by atoms with Gasteiger partial charge in [-0.15, -0.1) is 0 Å². The number of hydrogen-bond acceptors (Lipinski definition) is 3. The van der Waals surface area contributed by atoms with Gasteiger partial charge >= 0.3 is 0 Å². The van der Waals surface area contributed by atoms with Gasteiger partial charge in [-0.2, -0.15) is 0 Å². The van der Waals surface area contributed by atoms with Crippen LogP contribution in [0, 0.1) is 13.8 Å². The molecule has 4 N–H and O–H groups in total. The van der Waals surface area contributed by atoms with E-state index in [2.05, 4.69) is 5.32 Å². The maximum Gasteiger partial charge on any atom is 0.239 e.